The number of nitrogens with zero attached hydrogens (tertiary/aromatic N) is 4. The predicted octanol–water partition coefficient (Wildman–Crippen LogP) is 4.28. The zero-order valence-electron chi connectivity index (χ0n) is 19.2. The molecule has 1 aliphatic heterocycles. The van der Waals surface area contributed by atoms with Crippen molar-refractivity contribution < 1.29 is 9.18 Å². The number of carbonyl (C=O) groups is 1. The second-order valence-electron chi connectivity index (χ2n) is 8.67. The number of hydrogen-bond acceptors (Lipinski definition) is 4. The number of amides is 1. The second-order valence-corrected chi connectivity index (χ2v) is 8.67. The Balaban J connectivity index is 1.56. The molecule has 0 spiro atoms. The molecule has 0 unspecified atom stereocenters. The van der Waals surface area contributed by atoms with E-state index in [-0.39, 0.29) is 17.8 Å². The molecule has 3 aromatic rings. The molecule has 7 heteroatoms. The Morgan fingerprint density at radius 3 is 2.88 bits per heavy atom. The standard InChI is InChI=1S/C25H32FN5O/c1-4-13-27-25(32)12-11-20-17(2)28-24-15-22(29-31(24)18(20)3)23-10-7-14-30(23)16-19-8-5-6-9-21(19)26/h5-6,8-9,15,23H,4,7,10-14,16H2,1-3H3,(H,27,32)/t23-/m1/s1. The van der Waals surface area contributed by atoms with E-state index in [1.807, 2.05) is 37.4 Å². The van der Waals surface area contributed by atoms with Gasteiger partial charge in [0.1, 0.15) is 5.82 Å². The van der Waals surface area contributed by atoms with Crippen LogP contribution in [-0.4, -0.2) is 38.5 Å². The average molecular weight is 438 g/mol. The number of fused-ring (bicyclic) bond motifs is 1. The van der Waals surface area contributed by atoms with Crippen molar-refractivity contribution in [2.45, 2.75) is 65.5 Å². The van der Waals surface area contributed by atoms with Crippen molar-refractivity contribution in [2.24, 2.45) is 0 Å². The lowest BCUT2D eigenvalue weighted by Gasteiger charge is -2.23. The van der Waals surface area contributed by atoms with Crippen molar-refractivity contribution in [3.8, 4) is 0 Å². The van der Waals surface area contributed by atoms with Crippen LogP contribution in [0, 0.1) is 19.7 Å². The first-order valence-electron chi connectivity index (χ1n) is 11.6. The van der Waals surface area contributed by atoms with Crippen LogP contribution in [0.5, 0.6) is 0 Å². The van der Waals surface area contributed by atoms with Gasteiger partial charge in [-0.15, -0.1) is 0 Å². The third-order valence-electron chi connectivity index (χ3n) is 6.39. The maximum absolute atomic E-state index is 14.2. The summed E-state index contributed by atoms with van der Waals surface area (Å²) in [5.74, 6) is -0.0875. The molecule has 0 bridgehead atoms. The summed E-state index contributed by atoms with van der Waals surface area (Å²) >= 11 is 0. The largest absolute Gasteiger partial charge is 0.356 e. The molecule has 1 fully saturated rings. The lowest BCUT2D eigenvalue weighted by atomic mass is 10.1. The first-order chi connectivity index (χ1) is 15.5. The van der Waals surface area contributed by atoms with Gasteiger partial charge in [0.25, 0.3) is 0 Å². The highest BCUT2D eigenvalue weighted by Crippen LogP contribution is 2.33. The van der Waals surface area contributed by atoms with E-state index in [1.165, 1.54) is 6.07 Å². The minimum absolute atomic E-state index is 0.0710. The molecule has 1 atom stereocenters. The van der Waals surface area contributed by atoms with Crippen LogP contribution in [0.15, 0.2) is 30.3 Å². The Bertz CT molecular complexity index is 1110. The molecule has 1 aliphatic rings. The number of nitrogens with one attached hydrogen (secondary N) is 1. The highest BCUT2D eigenvalue weighted by Gasteiger charge is 2.29. The summed E-state index contributed by atoms with van der Waals surface area (Å²) in [5.41, 5.74) is 5.57. The molecule has 0 radical (unpaired) electrons. The van der Waals surface area contributed by atoms with Gasteiger partial charge in [-0.3, -0.25) is 9.69 Å². The summed E-state index contributed by atoms with van der Waals surface area (Å²) in [5, 5.41) is 7.84. The van der Waals surface area contributed by atoms with Gasteiger partial charge in [-0.05, 0) is 57.7 Å². The van der Waals surface area contributed by atoms with Crippen LogP contribution < -0.4 is 5.32 Å². The molecule has 6 nitrogen and oxygen atoms in total. The van der Waals surface area contributed by atoms with E-state index < -0.39 is 0 Å². The van der Waals surface area contributed by atoms with Crippen LogP contribution in [0.3, 0.4) is 0 Å². The van der Waals surface area contributed by atoms with Gasteiger partial charge in [0, 0.05) is 42.5 Å². The molecule has 170 valence electrons. The van der Waals surface area contributed by atoms with E-state index in [2.05, 4.69) is 16.3 Å². The van der Waals surface area contributed by atoms with Crippen molar-refractivity contribution in [1.29, 1.82) is 0 Å². The number of halogens is 1. The molecular formula is C25H32FN5O. The van der Waals surface area contributed by atoms with Crippen molar-refractivity contribution in [2.75, 3.05) is 13.1 Å². The zero-order chi connectivity index (χ0) is 22.7. The van der Waals surface area contributed by atoms with Crippen molar-refractivity contribution in [3.05, 3.63) is 64.4 Å². The number of benzene rings is 1. The van der Waals surface area contributed by atoms with E-state index in [0.29, 0.717) is 25.9 Å². The minimum atomic E-state index is -0.158. The Kier molecular flexibility index (Phi) is 6.84. The first-order valence-corrected chi connectivity index (χ1v) is 11.6. The van der Waals surface area contributed by atoms with Gasteiger partial charge >= 0.3 is 0 Å². The minimum Gasteiger partial charge on any atom is -0.356 e. The molecular weight excluding hydrogens is 405 g/mol. The summed E-state index contributed by atoms with van der Waals surface area (Å²) in [4.78, 5) is 19.2. The monoisotopic (exact) mass is 437 g/mol. The van der Waals surface area contributed by atoms with Crippen molar-refractivity contribution in [1.82, 2.24) is 24.8 Å². The van der Waals surface area contributed by atoms with Crippen LogP contribution in [0.2, 0.25) is 0 Å². The van der Waals surface area contributed by atoms with E-state index in [9.17, 15) is 9.18 Å². The fourth-order valence-electron chi connectivity index (χ4n) is 4.66. The number of aryl methyl sites for hydroxylation is 2. The van der Waals surface area contributed by atoms with Gasteiger partial charge in [-0.2, -0.15) is 5.10 Å². The number of aromatic nitrogens is 3. The molecule has 3 heterocycles. The van der Waals surface area contributed by atoms with Gasteiger partial charge < -0.3 is 5.32 Å². The van der Waals surface area contributed by atoms with E-state index in [1.54, 1.807) is 6.07 Å². The van der Waals surface area contributed by atoms with E-state index in [4.69, 9.17) is 10.1 Å². The first kappa shape index (κ1) is 22.4. The molecule has 32 heavy (non-hydrogen) atoms. The highest BCUT2D eigenvalue weighted by molar-refractivity contribution is 5.76. The molecule has 2 aromatic heterocycles. The highest BCUT2D eigenvalue weighted by atomic mass is 19.1. The predicted molar refractivity (Wildman–Crippen MR) is 123 cm³/mol. The molecule has 1 aromatic carbocycles. The van der Waals surface area contributed by atoms with Crippen molar-refractivity contribution >= 4 is 11.6 Å². The molecule has 0 aliphatic carbocycles. The Morgan fingerprint density at radius 2 is 2.09 bits per heavy atom. The molecule has 1 N–H and O–H groups in total. The SMILES string of the molecule is CCCNC(=O)CCc1c(C)nc2cc([C@H]3CCCN3Cc3ccccc3F)nn2c1C. The normalized spacial score (nSPS) is 16.7. The fraction of sp³-hybridized carbons (Fsp3) is 0.480. The van der Waals surface area contributed by atoms with Gasteiger partial charge in [-0.25, -0.2) is 13.9 Å². The van der Waals surface area contributed by atoms with Gasteiger partial charge in [0.15, 0.2) is 5.65 Å². The van der Waals surface area contributed by atoms with Gasteiger partial charge in [0.05, 0.1) is 11.7 Å². The van der Waals surface area contributed by atoms with Gasteiger partial charge in [0.2, 0.25) is 5.91 Å². The summed E-state index contributed by atoms with van der Waals surface area (Å²) in [7, 11) is 0. The molecule has 0 saturated carbocycles. The molecule has 1 amide bonds. The summed E-state index contributed by atoms with van der Waals surface area (Å²) < 4.78 is 16.1. The number of hydrogen-bond donors (Lipinski definition) is 1. The second kappa shape index (κ2) is 9.77. The Labute approximate surface area is 188 Å². The molecule has 4 rings (SSSR count). The third-order valence-corrected chi connectivity index (χ3v) is 6.39. The average Bonchev–Trinajstić information content (AvgIpc) is 3.40. The van der Waals surface area contributed by atoms with Crippen LogP contribution in [0.4, 0.5) is 4.39 Å². The third kappa shape index (κ3) is 4.67. The van der Waals surface area contributed by atoms with Crippen LogP contribution in [0.1, 0.15) is 66.9 Å². The summed E-state index contributed by atoms with van der Waals surface area (Å²) in [6.07, 6.45) is 4.09. The maximum atomic E-state index is 14.2. The number of likely N-dealkylation sites (tertiary alicyclic amines) is 1. The molecule has 1 saturated heterocycles. The number of rotatable bonds is 8. The lowest BCUT2D eigenvalue weighted by molar-refractivity contribution is -0.121. The van der Waals surface area contributed by atoms with E-state index >= 15 is 0 Å². The van der Waals surface area contributed by atoms with Gasteiger partial charge in [-0.1, -0.05) is 25.1 Å². The Morgan fingerprint density at radius 1 is 1.28 bits per heavy atom. The van der Waals surface area contributed by atoms with Crippen LogP contribution in [0.25, 0.3) is 5.65 Å². The van der Waals surface area contributed by atoms with E-state index in [0.717, 1.165) is 59.7 Å². The zero-order valence-corrected chi connectivity index (χ0v) is 19.2. The summed E-state index contributed by atoms with van der Waals surface area (Å²) in [6, 6.07) is 9.19. The van der Waals surface area contributed by atoms with Crippen LogP contribution >= 0.6 is 0 Å². The maximum Gasteiger partial charge on any atom is 0.220 e. The smallest absolute Gasteiger partial charge is 0.220 e. The van der Waals surface area contributed by atoms with Crippen molar-refractivity contribution in [3.63, 3.8) is 0 Å². The number of carbonyl (C=O) groups excluding carboxylic acids is 1. The summed E-state index contributed by atoms with van der Waals surface area (Å²) in [6.45, 7) is 8.30. The fourth-order valence-corrected chi connectivity index (χ4v) is 4.66. The lowest BCUT2D eigenvalue weighted by Crippen LogP contribution is -2.24. The van der Waals surface area contributed by atoms with Crippen LogP contribution in [-0.2, 0) is 17.8 Å². The Hall–Kier alpha value is -2.80. The topological polar surface area (TPSA) is 62.5 Å². The quantitative estimate of drug-likeness (QED) is 0.571.